The average Bonchev–Trinajstić information content (AvgIpc) is 2.45. The van der Waals surface area contributed by atoms with E-state index in [1.165, 1.54) is 18.0 Å². The van der Waals surface area contributed by atoms with E-state index in [9.17, 15) is 10.1 Å². The predicted molar refractivity (Wildman–Crippen MR) is 82.0 cm³/mol. The van der Waals surface area contributed by atoms with Crippen molar-refractivity contribution in [2.45, 2.75) is 26.2 Å². The van der Waals surface area contributed by atoms with Gasteiger partial charge >= 0.3 is 5.69 Å². The molecule has 2 rings (SSSR count). The summed E-state index contributed by atoms with van der Waals surface area (Å²) < 4.78 is 0. The van der Waals surface area contributed by atoms with Crippen molar-refractivity contribution in [1.29, 1.82) is 0 Å². The maximum Gasteiger partial charge on any atom is 0.303 e. The molecule has 0 aliphatic rings. The van der Waals surface area contributed by atoms with Crippen LogP contribution in [0.5, 0.6) is 0 Å². The van der Waals surface area contributed by atoms with Gasteiger partial charge in [0.25, 0.3) is 0 Å². The Morgan fingerprint density at radius 1 is 1.10 bits per heavy atom. The van der Waals surface area contributed by atoms with Crippen molar-refractivity contribution < 1.29 is 4.92 Å². The summed E-state index contributed by atoms with van der Waals surface area (Å²) in [7, 11) is 0. The minimum absolute atomic E-state index is 0.0729. The van der Waals surface area contributed by atoms with Crippen LogP contribution in [0.15, 0.2) is 42.7 Å². The fourth-order valence-electron chi connectivity index (χ4n) is 1.83. The highest BCUT2D eigenvalue weighted by Crippen LogP contribution is 2.22. The van der Waals surface area contributed by atoms with Gasteiger partial charge < -0.3 is 0 Å². The number of hydrogen-bond donors (Lipinski definition) is 0. The van der Waals surface area contributed by atoms with Crippen LogP contribution >= 0.6 is 0 Å². The van der Waals surface area contributed by atoms with Crippen molar-refractivity contribution in [2.24, 2.45) is 0 Å². The third kappa shape index (κ3) is 3.67. The van der Waals surface area contributed by atoms with Crippen LogP contribution < -0.4 is 0 Å². The third-order valence-electron chi connectivity index (χ3n) is 3.09. The molecule has 0 bridgehead atoms. The molecule has 0 radical (unpaired) electrons. The summed E-state index contributed by atoms with van der Waals surface area (Å²) in [6.45, 7) is 6.44. The van der Waals surface area contributed by atoms with Gasteiger partial charge in [-0.1, -0.05) is 44.7 Å². The van der Waals surface area contributed by atoms with E-state index in [4.69, 9.17) is 0 Å². The van der Waals surface area contributed by atoms with Gasteiger partial charge in [-0.25, -0.2) is 0 Å². The van der Waals surface area contributed by atoms with Gasteiger partial charge in [-0.05, 0) is 29.2 Å². The lowest BCUT2D eigenvalue weighted by molar-refractivity contribution is -0.385. The molecule has 0 N–H and O–H groups in total. The van der Waals surface area contributed by atoms with E-state index in [1.807, 2.05) is 24.3 Å². The number of aromatic nitrogens is 1. The van der Waals surface area contributed by atoms with Crippen LogP contribution in [0, 0.1) is 22.0 Å². The highest BCUT2D eigenvalue weighted by atomic mass is 16.6. The van der Waals surface area contributed by atoms with Crippen molar-refractivity contribution in [1.82, 2.24) is 4.98 Å². The first-order valence-electron chi connectivity index (χ1n) is 6.59. The molecule has 1 aromatic heterocycles. The Bertz CT molecular complexity index is 717. The van der Waals surface area contributed by atoms with Crippen LogP contribution in [0.2, 0.25) is 0 Å². The molecule has 21 heavy (non-hydrogen) atoms. The Kier molecular flexibility index (Phi) is 4.04. The fourth-order valence-corrected chi connectivity index (χ4v) is 1.83. The number of rotatable bonds is 1. The van der Waals surface area contributed by atoms with Gasteiger partial charge in [0.15, 0.2) is 0 Å². The highest BCUT2D eigenvalue weighted by Gasteiger charge is 2.13. The van der Waals surface area contributed by atoms with E-state index in [2.05, 4.69) is 37.6 Å². The molecule has 0 aliphatic carbocycles. The van der Waals surface area contributed by atoms with Crippen molar-refractivity contribution in [3.63, 3.8) is 0 Å². The summed E-state index contributed by atoms with van der Waals surface area (Å²) in [5.41, 5.74) is 2.44. The van der Waals surface area contributed by atoms with E-state index in [0.717, 1.165) is 5.56 Å². The van der Waals surface area contributed by atoms with Crippen LogP contribution in [0.25, 0.3) is 0 Å². The second kappa shape index (κ2) is 5.76. The van der Waals surface area contributed by atoms with Crippen LogP contribution in [0.3, 0.4) is 0 Å². The number of nitro groups is 1. The highest BCUT2D eigenvalue weighted by molar-refractivity contribution is 5.52. The van der Waals surface area contributed by atoms with E-state index < -0.39 is 4.92 Å². The number of pyridine rings is 1. The molecule has 0 spiro atoms. The molecular formula is C17H16N2O2. The van der Waals surface area contributed by atoms with Crippen LogP contribution in [-0.4, -0.2) is 9.91 Å². The molecule has 0 amide bonds. The lowest BCUT2D eigenvalue weighted by atomic mass is 9.87. The summed E-state index contributed by atoms with van der Waals surface area (Å²) in [5.74, 6) is 5.79. The molecule has 4 heteroatoms. The lowest BCUT2D eigenvalue weighted by Gasteiger charge is -2.18. The molecule has 0 unspecified atom stereocenters. The van der Waals surface area contributed by atoms with Crippen molar-refractivity contribution in [2.75, 3.05) is 0 Å². The summed E-state index contributed by atoms with van der Waals surface area (Å²) in [6, 6.07) is 9.48. The van der Waals surface area contributed by atoms with Crippen LogP contribution in [0.4, 0.5) is 5.69 Å². The monoisotopic (exact) mass is 280 g/mol. The van der Waals surface area contributed by atoms with Crippen LogP contribution in [-0.2, 0) is 5.41 Å². The molecule has 0 aliphatic heterocycles. The van der Waals surface area contributed by atoms with E-state index in [-0.39, 0.29) is 11.1 Å². The van der Waals surface area contributed by atoms with Crippen molar-refractivity contribution in [3.8, 4) is 11.8 Å². The zero-order chi connectivity index (χ0) is 15.5. The zero-order valence-electron chi connectivity index (χ0n) is 12.3. The van der Waals surface area contributed by atoms with Gasteiger partial charge in [-0.15, -0.1) is 0 Å². The van der Waals surface area contributed by atoms with Crippen molar-refractivity contribution in [3.05, 3.63) is 69.5 Å². The molecule has 106 valence electrons. The first kappa shape index (κ1) is 14.7. The summed E-state index contributed by atoms with van der Waals surface area (Å²) in [4.78, 5) is 14.2. The van der Waals surface area contributed by atoms with Gasteiger partial charge in [0.05, 0.1) is 4.92 Å². The smallest absolute Gasteiger partial charge is 0.258 e. The Morgan fingerprint density at radius 3 is 2.33 bits per heavy atom. The Balaban J connectivity index is 2.30. The Labute approximate surface area is 124 Å². The van der Waals surface area contributed by atoms with Crippen LogP contribution in [0.1, 0.15) is 37.5 Å². The molecule has 0 fully saturated rings. The van der Waals surface area contributed by atoms with Gasteiger partial charge in [-0.2, -0.15) is 0 Å². The minimum Gasteiger partial charge on any atom is -0.258 e. The molecule has 1 aromatic carbocycles. The minimum atomic E-state index is -0.473. The Morgan fingerprint density at radius 2 is 1.76 bits per heavy atom. The summed E-state index contributed by atoms with van der Waals surface area (Å²) in [5, 5.41) is 10.9. The molecule has 1 heterocycles. The lowest BCUT2D eigenvalue weighted by Crippen LogP contribution is -2.10. The molecule has 0 saturated carbocycles. The SMILES string of the molecule is CC(C)(C)c1ccc(C#Cc2ccncc2[N+](=O)[O-])cc1. The third-order valence-corrected chi connectivity index (χ3v) is 3.09. The second-order valence-corrected chi connectivity index (χ2v) is 5.73. The molecule has 4 nitrogen and oxygen atoms in total. The van der Waals surface area contributed by atoms with Gasteiger partial charge in [0.2, 0.25) is 0 Å². The van der Waals surface area contributed by atoms with Gasteiger partial charge in [0.1, 0.15) is 11.8 Å². The maximum atomic E-state index is 10.9. The Hall–Kier alpha value is -2.67. The van der Waals surface area contributed by atoms with E-state index in [1.54, 1.807) is 6.07 Å². The average molecular weight is 280 g/mol. The first-order chi connectivity index (χ1) is 9.88. The topological polar surface area (TPSA) is 56.0 Å². The molecule has 0 atom stereocenters. The van der Waals surface area contributed by atoms with E-state index >= 15 is 0 Å². The van der Waals surface area contributed by atoms with Gasteiger partial charge in [-0.3, -0.25) is 15.1 Å². The predicted octanol–water partition coefficient (Wildman–Crippen LogP) is 3.69. The summed E-state index contributed by atoms with van der Waals surface area (Å²) >= 11 is 0. The molecule has 0 saturated heterocycles. The normalized spacial score (nSPS) is 10.6. The zero-order valence-corrected chi connectivity index (χ0v) is 12.3. The first-order valence-corrected chi connectivity index (χ1v) is 6.59. The largest absolute Gasteiger partial charge is 0.303 e. The molecule has 2 aromatic rings. The summed E-state index contributed by atoms with van der Waals surface area (Å²) in [6.07, 6.45) is 2.71. The maximum absolute atomic E-state index is 10.9. The number of nitrogens with zero attached hydrogens (tertiary/aromatic N) is 2. The number of benzene rings is 1. The fraction of sp³-hybridized carbons (Fsp3) is 0.235. The van der Waals surface area contributed by atoms with Gasteiger partial charge in [0, 0.05) is 11.8 Å². The quantitative estimate of drug-likeness (QED) is 0.455. The van der Waals surface area contributed by atoms with Crippen molar-refractivity contribution >= 4 is 5.69 Å². The molecular weight excluding hydrogens is 264 g/mol. The number of hydrogen-bond acceptors (Lipinski definition) is 3. The second-order valence-electron chi connectivity index (χ2n) is 5.73. The van der Waals surface area contributed by atoms with E-state index in [0.29, 0.717) is 5.56 Å². The standard InChI is InChI=1S/C17H16N2O2/c1-17(2,3)15-8-5-13(6-9-15)4-7-14-10-11-18-12-16(14)19(20)21/h5-6,8-12H,1-3H3.